The summed E-state index contributed by atoms with van der Waals surface area (Å²) in [5.41, 5.74) is 1.77. The second-order valence-corrected chi connectivity index (χ2v) is 5.94. The largest absolute Gasteiger partial charge is 0.334 e. The van der Waals surface area contributed by atoms with Gasteiger partial charge in [0.05, 0.1) is 6.20 Å². The maximum atomic E-state index is 12.2. The molecule has 2 amide bonds. The highest BCUT2D eigenvalue weighted by Crippen LogP contribution is 2.22. The Balaban J connectivity index is 1.56. The maximum absolute atomic E-state index is 12.2. The molecule has 0 saturated carbocycles. The van der Waals surface area contributed by atoms with Crippen molar-refractivity contribution in [3.8, 4) is 0 Å². The van der Waals surface area contributed by atoms with E-state index in [-0.39, 0.29) is 24.3 Å². The average molecular weight is 312 g/mol. The highest BCUT2D eigenvalue weighted by atomic mass is 16.2. The van der Waals surface area contributed by atoms with E-state index < -0.39 is 0 Å². The number of nitrogens with zero attached hydrogens (tertiary/aromatic N) is 3. The van der Waals surface area contributed by atoms with E-state index in [1.54, 1.807) is 21.8 Å². The molecular formula is C17H20N4O2. The van der Waals surface area contributed by atoms with Crippen molar-refractivity contribution in [2.24, 2.45) is 0 Å². The van der Waals surface area contributed by atoms with Crippen molar-refractivity contribution < 1.29 is 9.59 Å². The molecule has 1 aromatic carbocycles. The Morgan fingerprint density at radius 1 is 1.30 bits per heavy atom. The number of anilines is 1. The predicted octanol–water partition coefficient (Wildman–Crippen LogP) is 2.45. The van der Waals surface area contributed by atoms with E-state index >= 15 is 0 Å². The maximum Gasteiger partial charge on any atom is 0.254 e. The van der Waals surface area contributed by atoms with E-state index in [9.17, 15) is 9.59 Å². The van der Waals surface area contributed by atoms with Crippen LogP contribution < -0.4 is 5.32 Å². The zero-order valence-electron chi connectivity index (χ0n) is 13.3. The van der Waals surface area contributed by atoms with Crippen LogP contribution in [0.1, 0.15) is 42.2 Å². The van der Waals surface area contributed by atoms with Crippen LogP contribution in [-0.4, -0.2) is 33.0 Å². The SMILES string of the molecule is CC(C)n1nccc1NC(=O)CCN1Cc2ccccc2C1=O. The Bertz CT molecular complexity index is 736. The topological polar surface area (TPSA) is 67.2 Å². The standard InChI is InChI=1S/C17H20N4O2/c1-12(2)21-15(7-9-18-21)19-16(22)8-10-20-11-13-5-3-4-6-14(13)17(20)23/h3-7,9,12H,8,10-11H2,1-2H3,(H,19,22). The molecule has 23 heavy (non-hydrogen) atoms. The minimum Gasteiger partial charge on any atom is -0.334 e. The highest BCUT2D eigenvalue weighted by Gasteiger charge is 2.26. The third kappa shape index (κ3) is 3.11. The third-order valence-electron chi connectivity index (χ3n) is 3.93. The normalized spacial score (nSPS) is 13.5. The number of carbonyl (C=O) groups excluding carboxylic acids is 2. The quantitative estimate of drug-likeness (QED) is 0.922. The first-order valence-electron chi connectivity index (χ1n) is 7.77. The number of amides is 2. The van der Waals surface area contributed by atoms with Gasteiger partial charge in [0.1, 0.15) is 5.82 Å². The molecule has 0 unspecified atom stereocenters. The van der Waals surface area contributed by atoms with Gasteiger partial charge in [-0.25, -0.2) is 4.68 Å². The number of hydrogen-bond donors (Lipinski definition) is 1. The molecule has 0 aliphatic carbocycles. The molecule has 1 aromatic heterocycles. The lowest BCUT2D eigenvalue weighted by molar-refractivity contribution is -0.116. The first-order valence-corrected chi connectivity index (χ1v) is 7.77. The number of fused-ring (bicyclic) bond motifs is 1. The smallest absolute Gasteiger partial charge is 0.254 e. The van der Waals surface area contributed by atoms with Crippen LogP contribution in [0.25, 0.3) is 0 Å². The Kier molecular flexibility index (Phi) is 4.14. The summed E-state index contributed by atoms with van der Waals surface area (Å²) < 4.78 is 1.76. The lowest BCUT2D eigenvalue weighted by Gasteiger charge is -2.16. The molecular weight excluding hydrogens is 292 g/mol. The van der Waals surface area contributed by atoms with Gasteiger partial charge in [0.15, 0.2) is 0 Å². The molecule has 0 atom stereocenters. The van der Waals surface area contributed by atoms with Gasteiger partial charge in [-0.3, -0.25) is 9.59 Å². The second-order valence-electron chi connectivity index (χ2n) is 5.94. The minimum absolute atomic E-state index is 0.000576. The van der Waals surface area contributed by atoms with Gasteiger partial charge in [0.2, 0.25) is 5.91 Å². The lowest BCUT2D eigenvalue weighted by atomic mass is 10.1. The number of nitrogens with one attached hydrogen (secondary N) is 1. The van der Waals surface area contributed by atoms with Gasteiger partial charge < -0.3 is 10.2 Å². The predicted molar refractivity (Wildman–Crippen MR) is 87.0 cm³/mol. The van der Waals surface area contributed by atoms with Crippen molar-refractivity contribution in [3.63, 3.8) is 0 Å². The van der Waals surface area contributed by atoms with Crippen LogP contribution in [0.5, 0.6) is 0 Å². The molecule has 0 radical (unpaired) electrons. The molecule has 0 bridgehead atoms. The van der Waals surface area contributed by atoms with E-state index in [2.05, 4.69) is 10.4 Å². The Hall–Kier alpha value is -2.63. The molecule has 1 aliphatic heterocycles. The summed E-state index contributed by atoms with van der Waals surface area (Å²) in [7, 11) is 0. The van der Waals surface area contributed by atoms with Gasteiger partial charge in [-0.2, -0.15) is 5.10 Å². The van der Waals surface area contributed by atoms with Crippen molar-refractivity contribution in [1.29, 1.82) is 0 Å². The van der Waals surface area contributed by atoms with E-state index in [0.29, 0.717) is 18.9 Å². The van der Waals surface area contributed by atoms with Crippen LogP contribution in [-0.2, 0) is 11.3 Å². The third-order valence-corrected chi connectivity index (χ3v) is 3.93. The summed E-state index contributed by atoms with van der Waals surface area (Å²) in [5.74, 6) is 0.567. The molecule has 0 fully saturated rings. The zero-order valence-corrected chi connectivity index (χ0v) is 13.3. The fourth-order valence-corrected chi connectivity index (χ4v) is 2.76. The Labute approximate surface area is 135 Å². The number of aromatic nitrogens is 2. The summed E-state index contributed by atoms with van der Waals surface area (Å²) in [6.45, 7) is 4.99. The summed E-state index contributed by atoms with van der Waals surface area (Å²) in [6, 6.07) is 9.52. The summed E-state index contributed by atoms with van der Waals surface area (Å²) in [4.78, 5) is 26.1. The molecule has 6 heteroatoms. The van der Waals surface area contributed by atoms with Crippen molar-refractivity contribution >= 4 is 17.6 Å². The summed E-state index contributed by atoms with van der Waals surface area (Å²) >= 11 is 0. The van der Waals surface area contributed by atoms with E-state index in [0.717, 1.165) is 11.1 Å². The van der Waals surface area contributed by atoms with Crippen LogP contribution in [0.2, 0.25) is 0 Å². The monoisotopic (exact) mass is 312 g/mol. The van der Waals surface area contributed by atoms with E-state index in [1.165, 1.54) is 0 Å². The fraction of sp³-hybridized carbons (Fsp3) is 0.353. The van der Waals surface area contributed by atoms with E-state index in [1.807, 2.05) is 38.1 Å². The van der Waals surface area contributed by atoms with Crippen LogP contribution >= 0.6 is 0 Å². The molecule has 2 aromatic rings. The molecule has 0 spiro atoms. The van der Waals surface area contributed by atoms with Crippen molar-refractivity contribution in [2.45, 2.75) is 32.9 Å². The summed E-state index contributed by atoms with van der Waals surface area (Å²) in [6.07, 6.45) is 1.93. The van der Waals surface area contributed by atoms with Gasteiger partial charge in [-0.15, -0.1) is 0 Å². The van der Waals surface area contributed by atoms with E-state index in [4.69, 9.17) is 0 Å². The molecule has 1 aliphatic rings. The fourth-order valence-electron chi connectivity index (χ4n) is 2.76. The summed E-state index contributed by atoms with van der Waals surface area (Å²) in [5, 5.41) is 7.04. The van der Waals surface area contributed by atoms with Crippen molar-refractivity contribution in [3.05, 3.63) is 47.7 Å². The number of hydrogen-bond acceptors (Lipinski definition) is 3. The minimum atomic E-state index is -0.115. The first kappa shape index (κ1) is 15.3. The van der Waals surface area contributed by atoms with Gasteiger partial charge >= 0.3 is 0 Å². The molecule has 0 saturated heterocycles. The Morgan fingerprint density at radius 2 is 2.09 bits per heavy atom. The van der Waals surface area contributed by atoms with Gasteiger partial charge in [0.25, 0.3) is 5.91 Å². The Morgan fingerprint density at radius 3 is 2.83 bits per heavy atom. The van der Waals surface area contributed by atoms with Gasteiger partial charge in [-0.05, 0) is 25.5 Å². The molecule has 3 rings (SSSR count). The van der Waals surface area contributed by atoms with Crippen LogP contribution in [0, 0.1) is 0 Å². The second kappa shape index (κ2) is 6.24. The van der Waals surface area contributed by atoms with Crippen LogP contribution in [0.15, 0.2) is 36.5 Å². The first-order chi connectivity index (χ1) is 11.1. The number of carbonyl (C=O) groups is 2. The number of rotatable bonds is 5. The van der Waals surface area contributed by atoms with Gasteiger partial charge in [-0.1, -0.05) is 18.2 Å². The average Bonchev–Trinajstić information content (AvgIpc) is 3.11. The molecule has 120 valence electrons. The van der Waals surface area contributed by atoms with Crippen molar-refractivity contribution in [1.82, 2.24) is 14.7 Å². The van der Waals surface area contributed by atoms with Crippen LogP contribution in [0.3, 0.4) is 0 Å². The lowest BCUT2D eigenvalue weighted by Crippen LogP contribution is -2.28. The molecule has 6 nitrogen and oxygen atoms in total. The zero-order chi connectivity index (χ0) is 16.4. The molecule has 2 heterocycles. The van der Waals surface area contributed by atoms with Gasteiger partial charge in [0, 0.05) is 37.2 Å². The molecule has 1 N–H and O–H groups in total. The highest BCUT2D eigenvalue weighted by molar-refractivity contribution is 5.98. The van der Waals surface area contributed by atoms with Crippen LogP contribution in [0.4, 0.5) is 5.82 Å². The van der Waals surface area contributed by atoms with Crippen molar-refractivity contribution in [2.75, 3.05) is 11.9 Å². The number of benzene rings is 1.